The van der Waals surface area contributed by atoms with Gasteiger partial charge in [-0.1, -0.05) is 0 Å². The molecule has 80 valence electrons. The molecule has 0 rings (SSSR count). The fraction of sp³-hybridized carbons (Fsp3) is 1.00. The molecule has 0 aromatic carbocycles. The number of hydrogen-bond acceptors (Lipinski definition) is 6. The Morgan fingerprint density at radius 1 is 1.15 bits per heavy atom. The molecule has 10 heteroatoms. The smallest absolute Gasteiger partial charge is 0.264 e. The summed E-state index contributed by atoms with van der Waals surface area (Å²) >= 11 is 0. The van der Waals surface area contributed by atoms with Gasteiger partial charge in [-0.25, -0.2) is 8.37 Å². The molecule has 1 unspecified atom stereocenters. The van der Waals surface area contributed by atoms with Crippen LogP contribution in [0.2, 0.25) is 0 Å². The van der Waals surface area contributed by atoms with Gasteiger partial charge in [0.05, 0.1) is 6.61 Å². The molecule has 13 heavy (non-hydrogen) atoms. The van der Waals surface area contributed by atoms with Gasteiger partial charge in [0.15, 0.2) is 0 Å². The Morgan fingerprint density at radius 3 is 1.92 bits per heavy atom. The first kappa shape index (κ1) is 12.7. The van der Waals surface area contributed by atoms with Gasteiger partial charge in [0.2, 0.25) is 0 Å². The summed E-state index contributed by atoms with van der Waals surface area (Å²) in [7, 11) is -9.28. The predicted octanol–water partition coefficient (Wildman–Crippen LogP) is -0.986. The molecule has 0 aromatic rings. The van der Waals surface area contributed by atoms with Crippen LogP contribution in [0.3, 0.4) is 0 Å². The van der Waals surface area contributed by atoms with E-state index in [0.29, 0.717) is 0 Å². The monoisotopic (exact) mass is 236 g/mol. The second-order valence-corrected chi connectivity index (χ2v) is 4.19. The zero-order chi connectivity index (χ0) is 10.7. The second kappa shape index (κ2) is 4.30. The van der Waals surface area contributed by atoms with Gasteiger partial charge < -0.3 is 0 Å². The molecule has 0 saturated carbocycles. The maximum Gasteiger partial charge on any atom is 0.397 e. The Hall–Kier alpha value is -0.260. The van der Waals surface area contributed by atoms with Gasteiger partial charge in [0.1, 0.15) is 6.10 Å². The Labute approximate surface area is 75.4 Å². The molecular formula is C3H8O8S2. The average Bonchev–Trinajstić information content (AvgIpc) is 1.78. The highest BCUT2D eigenvalue weighted by atomic mass is 32.3. The molecule has 0 aliphatic rings. The van der Waals surface area contributed by atoms with Gasteiger partial charge >= 0.3 is 20.8 Å². The molecule has 0 aromatic heterocycles. The van der Waals surface area contributed by atoms with E-state index < -0.39 is 33.5 Å². The fourth-order valence-corrected chi connectivity index (χ4v) is 1.25. The maximum atomic E-state index is 10.0. The standard InChI is InChI=1S/C3H8O8S2/c1-3(11-13(7,8)9)2-10-12(4,5)6/h3H,2H2,1H3,(H,4,5,6)(H,7,8,9). The Kier molecular flexibility index (Phi) is 4.22. The quantitative estimate of drug-likeness (QED) is 0.582. The SMILES string of the molecule is CC(COS(=O)(=O)O)OS(=O)(=O)O. The summed E-state index contributed by atoms with van der Waals surface area (Å²) in [6.45, 7) is 0.400. The van der Waals surface area contributed by atoms with Crippen molar-refractivity contribution in [2.75, 3.05) is 6.61 Å². The fourth-order valence-electron chi connectivity index (χ4n) is 0.417. The van der Waals surface area contributed by atoms with Gasteiger partial charge in [-0.2, -0.15) is 16.8 Å². The Bertz CT molecular complexity index is 338. The van der Waals surface area contributed by atoms with Crippen LogP contribution < -0.4 is 0 Å². The molecule has 0 aliphatic heterocycles. The van der Waals surface area contributed by atoms with E-state index in [1.165, 1.54) is 0 Å². The van der Waals surface area contributed by atoms with Crippen molar-refractivity contribution in [3.05, 3.63) is 0 Å². The molecule has 0 saturated heterocycles. The van der Waals surface area contributed by atoms with E-state index in [9.17, 15) is 16.8 Å². The molecule has 0 spiro atoms. The van der Waals surface area contributed by atoms with Crippen molar-refractivity contribution >= 4 is 20.8 Å². The van der Waals surface area contributed by atoms with Crippen molar-refractivity contribution < 1.29 is 34.3 Å². The highest BCUT2D eigenvalue weighted by Gasteiger charge is 2.15. The highest BCUT2D eigenvalue weighted by molar-refractivity contribution is 7.81. The zero-order valence-electron chi connectivity index (χ0n) is 6.44. The lowest BCUT2D eigenvalue weighted by Gasteiger charge is -2.07. The minimum absolute atomic E-state index is 0.724. The topological polar surface area (TPSA) is 127 Å². The largest absolute Gasteiger partial charge is 0.397 e. The van der Waals surface area contributed by atoms with E-state index in [-0.39, 0.29) is 0 Å². The van der Waals surface area contributed by atoms with Crippen molar-refractivity contribution in [3.8, 4) is 0 Å². The molecule has 2 N–H and O–H groups in total. The van der Waals surface area contributed by atoms with Gasteiger partial charge in [0.25, 0.3) is 0 Å². The summed E-state index contributed by atoms with van der Waals surface area (Å²) in [6, 6.07) is 0. The van der Waals surface area contributed by atoms with Gasteiger partial charge in [-0.05, 0) is 6.92 Å². The first-order chi connectivity index (χ1) is 5.60. The lowest BCUT2D eigenvalue weighted by Crippen LogP contribution is -2.21. The van der Waals surface area contributed by atoms with Crippen LogP contribution in [-0.4, -0.2) is 38.7 Å². The lowest BCUT2D eigenvalue weighted by atomic mass is 10.5. The zero-order valence-corrected chi connectivity index (χ0v) is 8.08. The predicted molar refractivity (Wildman–Crippen MR) is 39.6 cm³/mol. The molecule has 8 nitrogen and oxygen atoms in total. The summed E-state index contributed by atoms with van der Waals surface area (Å²) < 4.78 is 63.8. The van der Waals surface area contributed by atoms with E-state index in [2.05, 4.69) is 8.37 Å². The summed E-state index contributed by atoms with van der Waals surface area (Å²) in [5.41, 5.74) is 0. The van der Waals surface area contributed by atoms with E-state index >= 15 is 0 Å². The van der Waals surface area contributed by atoms with Crippen LogP contribution in [0.5, 0.6) is 0 Å². The van der Waals surface area contributed by atoms with Crippen LogP contribution >= 0.6 is 0 Å². The highest BCUT2D eigenvalue weighted by Crippen LogP contribution is 1.99. The lowest BCUT2D eigenvalue weighted by molar-refractivity contribution is 0.127. The van der Waals surface area contributed by atoms with E-state index in [0.717, 1.165) is 6.92 Å². The van der Waals surface area contributed by atoms with Gasteiger partial charge in [0, 0.05) is 0 Å². The van der Waals surface area contributed by atoms with Crippen molar-refractivity contribution in [1.29, 1.82) is 0 Å². The summed E-state index contributed by atoms with van der Waals surface area (Å²) in [5.74, 6) is 0. The summed E-state index contributed by atoms with van der Waals surface area (Å²) in [6.07, 6.45) is -1.23. The van der Waals surface area contributed by atoms with Crippen LogP contribution in [0.4, 0.5) is 0 Å². The van der Waals surface area contributed by atoms with Crippen LogP contribution in [0.15, 0.2) is 0 Å². The first-order valence-electron chi connectivity index (χ1n) is 2.88. The number of rotatable bonds is 5. The normalized spacial score (nSPS) is 15.6. The molecule has 1 atom stereocenters. The van der Waals surface area contributed by atoms with E-state index in [1.807, 2.05) is 0 Å². The maximum absolute atomic E-state index is 10.0. The van der Waals surface area contributed by atoms with Gasteiger partial charge in [-0.15, -0.1) is 0 Å². The van der Waals surface area contributed by atoms with Crippen molar-refractivity contribution in [1.82, 2.24) is 0 Å². The molecule has 0 heterocycles. The Balaban J connectivity index is 3.98. The van der Waals surface area contributed by atoms with E-state index in [1.54, 1.807) is 0 Å². The van der Waals surface area contributed by atoms with Gasteiger partial charge in [-0.3, -0.25) is 9.11 Å². The minimum Gasteiger partial charge on any atom is -0.264 e. The number of hydrogen-bond donors (Lipinski definition) is 2. The molecule has 0 bridgehead atoms. The molecule has 0 radical (unpaired) electrons. The first-order valence-corrected chi connectivity index (χ1v) is 5.61. The third-order valence-corrected chi connectivity index (χ3v) is 1.74. The average molecular weight is 236 g/mol. The summed E-state index contributed by atoms with van der Waals surface area (Å²) in [5, 5.41) is 0. The third kappa shape index (κ3) is 9.66. The van der Waals surface area contributed by atoms with Crippen molar-refractivity contribution in [3.63, 3.8) is 0 Å². The molecule has 0 aliphatic carbocycles. The Morgan fingerprint density at radius 2 is 1.62 bits per heavy atom. The summed E-state index contributed by atoms with van der Waals surface area (Å²) in [4.78, 5) is 0. The minimum atomic E-state index is -4.65. The molecular weight excluding hydrogens is 228 g/mol. The molecule has 0 fully saturated rings. The molecule has 0 amide bonds. The van der Waals surface area contributed by atoms with Crippen LogP contribution in [0, 0.1) is 0 Å². The van der Waals surface area contributed by atoms with Crippen molar-refractivity contribution in [2.45, 2.75) is 13.0 Å². The third-order valence-electron chi connectivity index (χ3n) is 0.738. The van der Waals surface area contributed by atoms with Crippen LogP contribution in [0.25, 0.3) is 0 Å². The van der Waals surface area contributed by atoms with Crippen LogP contribution in [-0.2, 0) is 29.2 Å². The van der Waals surface area contributed by atoms with E-state index in [4.69, 9.17) is 9.11 Å². The van der Waals surface area contributed by atoms with Crippen LogP contribution in [0.1, 0.15) is 6.92 Å². The van der Waals surface area contributed by atoms with Crippen molar-refractivity contribution in [2.24, 2.45) is 0 Å². The second-order valence-electron chi connectivity index (χ2n) is 2.05.